The van der Waals surface area contributed by atoms with Gasteiger partial charge in [-0.25, -0.2) is 0 Å². The van der Waals surface area contributed by atoms with Gasteiger partial charge in [0.15, 0.2) is 0 Å². The zero-order chi connectivity index (χ0) is 16.6. The van der Waals surface area contributed by atoms with Crippen LogP contribution in [0.4, 0.5) is 0 Å². The molecule has 1 N–H and O–H groups in total. The molecule has 1 saturated heterocycles. The Kier molecular flexibility index (Phi) is 3.99. The van der Waals surface area contributed by atoms with Crippen LogP contribution in [0.2, 0.25) is 0 Å². The first-order chi connectivity index (χ1) is 12.4. The number of nitrogens with zero attached hydrogens (tertiary/aromatic N) is 2. The maximum atomic E-state index is 3.44. The molecule has 5 rings (SSSR count). The predicted molar refractivity (Wildman–Crippen MR) is 105 cm³/mol. The van der Waals surface area contributed by atoms with Gasteiger partial charge in [0.25, 0.3) is 0 Å². The maximum absolute atomic E-state index is 3.44. The summed E-state index contributed by atoms with van der Waals surface area (Å²) in [6, 6.07) is 16.1. The third-order valence-electron chi connectivity index (χ3n) is 5.90. The third kappa shape index (κ3) is 3.07. The van der Waals surface area contributed by atoms with Gasteiger partial charge in [0.2, 0.25) is 0 Å². The van der Waals surface area contributed by atoms with Crippen molar-refractivity contribution < 1.29 is 0 Å². The highest BCUT2D eigenvalue weighted by molar-refractivity contribution is 6.08. The van der Waals surface area contributed by atoms with Crippen LogP contribution in [0.1, 0.15) is 18.4 Å². The Morgan fingerprint density at radius 3 is 2.56 bits per heavy atom. The number of hydrogen-bond acceptors (Lipinski definition) is 2. The van der Waals surface area contributed by atoms with E-state index in [4.69, 9.17) is 0 Å². The molecule has 1 aromatic heterocycles. The van der Waals surface area contributed by atoms with E-state index >= 15 is 0 Å². The largest absolute Gasteiger partial charge is 0.340 e. The van der Waals surface area contributed by atoms with Gasteiger partial charge >= 0.3 is 0 Å². The van der Waals surface area contributed by atoms with Crippen LogP contribution in [0.15, 0.2) is 42.5 Å². The molecule has 25 heavy (non-hydrogen) atoms. The highest BCUT2D eigenvalue weighted by atomic mass is 15.2. The average molecular weight is 333 g/mol. The number of fused-ring (bicyclic) bond motifs is 3. The van der Waals surface area contributed by atoms with Gasteiger partial charge in [-0.3, -0.25) is 0 Å². The van der Waals surface area contributed by atoms with Crippen LogP contribution in [-0.2, 0) is 13.0 Å². The number of benzene rings is 2. The Hall–Kier alpha value is -1.84. The van der Waals surface area contributed by atoms with E-state index in [1.54, 1.807) is 0 Å². The molecule has 1 saturated carbocycles. The number of hydrogen-bond donors (Lipinski definition) is 1. The van der Waals surface area contributed by atoms with Crippen molar-refractivity contribution in [2.45, 2.75) is 25.8 Å². The summed E-state index contributed by atoms with van der Waals surface area (Å²) in [6.07, 6.45) is 3.95. The molecule has 2 heterocycles. The van der Waals surface area contributed by atoms with Crippen molar-refractivity contribution in [2.75, 3.05) is 32.7 Å². The van der Waals surface area contributed by atoms with Crippen molar-refractivity contribution in [3.05, 3.63) is 48.0 Å². The molecule has 0 bridgehead atoms. The number of aromatic nitrogens is 1. The molecule has 2 aromatic carbocycles. The zero-order valence-corrected chi connectivity index (χ0v) is 14.9. The second-order valence-electron chi connectivity index (χ2n) is 7.76. The first kappa shape index (κ1) is 15.4. The lowest BCUT2D eigenvalue weighted by atomic mass is 10.1. The van der Waals surface area contributed by atoms with E-state index in [2.05, 4.69) is 57.2 Å². The fraction of sp³-hybridized carbons (Fsp3) is 0.455. The summed E-state index contributed by atoms with van der Waals surface area (Å²) in [5.41, 5.74) is 4.29. The number of para-hydroxylation sites is 1. The second kappa shape index (κ2) is 6.47. The zero-order valence-electron chi connectivity index (χ0n) is 14.9. The van der Waals surface area contributed by atoms with E-state index in [0.717, 1.165) is 25.4 Å². The predicted octanol–water partition coefficient (Wildman–Crippen LogP) is 3.65. The monoisotopic (exact) mass is 333 g/mol. The number of piperazine rings is 1. The van der Waals surface area contributed by atoms with Crippen molar-refractivity contribution in [2.24, 2.45) is 5.92 Å². The number of rotatable bonds is 5. The fourth-order valence-electron chi connectivity index (χ4n) is 4.23. The standard InChI is InChI=1S/C22H27N3/c1-2-4-21-19(3-1)20-15-17(9-12-24-13-10-23-11-14-24)7-8-22(20)25(21)16-18-5-6-18/h1-4,7-8,15,18,23H,5-6,9-14,16H2. The molecule has 0 amide bonds. The van der Waals surface area contributed by atoms with Crippen molar-refractivity contribution in [1.82, 2.24) is 14.8 Å². The summed E-state index contributed by atoms with van der Waals surface area (Å²) in [4.78, 5) is 2.58. The minimum Gasteiger partial charge on any atom is -0.340 e. The highest BCUT2D eigenvalue weighted by Crippen LogP contribution is 2.36. The summed E-state index contributed by atoms with van der Waals surface area (Å²) in [5, 5.41) is 6.29. The second-order valence-corrected chi connectivity index (χ2v) is 7.76. The van der Waals surface area contributed by atoms with Gasteiger partial charge in [-0.15, -0.1) is 0 Å². The van der Waals surface area contributed by atoms with Crippen LogP contribution in [0, 0.1) is 5.92 Å². The minimum absolute atomic E-state index is 0.895. The molecule has 2 aliphatic rings. The van der Waals surface area contributed by atoms with Gasteiger partial charge in [-0.05, 0) is 48.9 Å². The van der Waals surface area contributed by atoms with Gasteiger partial charge in [-0.2, -0.15) is 0 Å². The van der Waals surface area contributed by atoms with Crippen LogP contribution in [0.5, 0.6) is 0 Å². The van der Waals surface area contributed by atoms with E-state index < -0.39 is 0 Å². The lowest BCUT2D eigenvalue weighted by Crippen LogP contribution is -2.44. The molecule has 0 spiro atoms. The van der Waals surface area contributed by atoms with Crippen LogP contribution in [-0.4, -0.2) is 42.2 Å². The van der Waals surface area contributed by atoms with E-state index in [1.807, 2.05) is 0 Å². The van der Waals surface area contributed by atoms with Crippen molar-refractivity contribution in [3.8, 4) is 0 Å². The van der Waals surface area contributed by atoms with E-state index in [-0.39, 0.29) is 0 Å². The highest BCUT2D eigenvalue weighted by Gasteiger charge is 2.23. The average Bonchev–Trinajstić information content (AvgIpc) is 3.44. The molecule has 0 unspecified atom stereocenters. The van der Waals surface area contributed by atoms with Crippen LogP contribution in [0.25, 0.3) is 21.8 Å². The van der Waals surface area contributed by atoms with Gasteiger partial charge < -0.3 is 14.8 Å². The molecule has 3 aromatic rings. The molecular formula is C22H27N3. The van der Waals surface area contributed by atoms with Crippen molar-refractivity contribution in [1.29, 1.82) is 0 Å². The quantitative estimate of drug-likeness (QED) is 0.769. The van der Waals surface area contributed by atoms with Crippen molar-refractivity contribution in [3.63, 3.8) is 0 Å². The Morgan fingerprint density at radius 1 is 0.920 bits per heavy atom. The Labute approximate surface area is 149 Å². The van der Waals surface area contributed by atoms with E-state index in [0.29, 0.717) is 0 Å². The lowest BCUT2D eigenvalue weighted by molar-refractivity contribution is 0.244. The first-order valence-corrected chi connectivity index (χ1v) is 9.81. The van der Waals surface area contributed by atoms with E-state index in [9.17, 15) is 0 Å². The minimum atomic E-state index is 0.895. The van der Waals surface area contributed by atoms with Crippen LogP contribution < -0.4 is 5.32 Å². The van der Waals surface area contributed by atoms with Crippen LogP contribution >= 0.6 is 0 Å². The molecule has 2 fully saturated rings. The smallest absolute Gasteiger partial charge is 0.0491 e. The molecule has 1 aliphatic heterocycles. The molecule has 0 radical (unpaired) electrons. The van der Waals surface area contributed by atoms with E-state index in [1.165, 1.54) is 66.4 Å². The fourth-order valence-corrected chi connectivity index (χ4v) is 4.23. The summed E-state index contributed by atoms with van der Waals surface area (Å²) in [6.45, 7) is 6.99. The SMILES string of the molecule is c1ccc2c(c1)c1cc(CCN3CCNCC3)ccc1n2CC1CC1. The summed E-state index contributed by atoms with van der Waals surface area (Å²) < 4.78 is 2.56. The lowest BCUT2D eigenvalue weighted by Gasteiger charge is -2.27. The van der Waals surface area contributed by atoms with Crippen molar-refractivity contribution >= 4 is 21.8 Å². The molecule has 3 nitrogen and oxygen atoms in total. The van der Waals surface area contributed by atoms with Crippen LogP contribution in [0.3, 0.4) is 0 Å². The maximum Gasteiger partial charge on any atom is 0.0491 e. The Balaban J connectivity index is 1.47. The molecular weight excluding hydrogens is 306 g/mol. The number of nitrogens with one attached hydrogen (secondary N) is 1. The molecule has 0 atom stereocenters. The molecule has 3 heteroatoms. The Morgan fingerprint density at radius 2 is 1.72 bits per heavy atom. The van der Waals surface area contributed by atoms with Gasteiger partial charge in [-0.1, -0.05) is 24.3 Å². The van der Waals surface area contributed by atoms with Gasteiger partial charge in [0.05, 0.1) is 0 Å². The molecule has 130 valence electrons. The normalized spacial score (nSPS) is 19.0. The third-order valence-corrected chi connectivity index (χ3v) is 5.90. The Bertz CT molecular complexity index is 885. The van der Waals surface area contributed by atoms with Gasteiger partial charge in [0.1, 0.15) is 0 Å². The topological polar surface area (TPSA) is 20.2 Å². The summed E-state index contributed by atoms with van der Waals surface area (Å²) >= 11 is 0. The molecule has 1 aliphatic carbocycles. The van der Waals surface area contributed by atoms with Gasteiger partial charge in [0, 0.05) is 61.1 Å². The first-order valence-electron chi connectivity index (χ1n) is 9.81. The summed E-state index contributed by atoms with van der Waals surface area (Å²) in [7, 11) is 0. The summed E-state index contributed by atoms with van der Waals surface area (Å²) in [5.74, 6) is 0.895.